The van der Waals surface area contributed by atoms with E-state index in [2.05, 4.69) is 0 Å². The van der Waals surface area contributed by atoms with Gasteiger partial charge in [-0.25, -0.2) is 8.42 Å². The molecule has 0 unspecified atom stereocenters. The summed E-state index contributed by atoms with van der Waals surface area (Å²) in [5, 5.41) is 10.8. The third-order valence-electron chi connectivity index (χ3n) is 3.90. The molecule has 2 rings (SSSR count). The van der Waals surface area contributed by atoms with E-state index in [1.54, 1.807) is 39.0 Å². The molecule has 0 bridgehead atoms. The first-order chi connectivity index (χ1) is 12.7. The Morgan fingerprint density at radius 3 is 2.15 bits per heavy atom. The van der Waals surface area contributed by atoms with Crippen LogP contribution in [0.2, 0.25) is 0 Å². The molecular weight excluding hydrogens is 372 g/mol. The Kier molecular flexibility index (Phi) is 6.17. The first kappa shape index (κ1) is 20.4. The van der Waals surface area contributed by atoms with Crippen molar-refractivity contribution < 1.29 is 22.9 Å². The van der Waals surface area contributed by atoms with Crippen molar-refractivity contribution in [3.8, 4) is 0 Å². The van der Waals surface area contributed by atoms with Gasteiger partial charge in [-0.05, 0) is 44.0 Å². The lowest BCUT2D eigenvalue weighted by Gasteiger charge is -2.26. The highest BCUT2D eigenvalue weighted by Gasteiger charge is 2.30. The molecule has 0 saturated carbocycles. The van der Waals surface area contributed by atoms with E-state index in [4.69, 9.17) is 4.74 Å². The maximum atomic E-state index is 13.2. The summed E-state index contributed by atoms with van der Waals surface area (Å²) in [6.45, 7) is 4.74. The van der Waals surface area contributed by atoms with Crippen molar-refractivity contribution in [3.63, 3.8) is 0 Å². The number of hydrogen-bond acceptors (Lipinski definition) is 6. The number of aryl methyl sites for hydroxylation is 2. The highest BCUT2D eigenvalue weighted by Crippen LogP contribution is 2.30. The van der Waals surface area contributed by atoms with Crippen LogP contribution in [0.3, 0.4) is 0 Å². The number of para-hydroxylation sites is 1. The first-order valence-electron chi connectivity index (χ1n) is 8.17. The van der Waals surface area contributed by atoms with E-state index in [0.29, 0.717) is 16.8 Å². The minimum atomic E-state index is -4.15. The lowest BCUT2D eigenvalue weighted by Crippen LogP contribution is -2.37. The summed E-state index contributed by atoms with van der Waals surface area (Å²) in [7, 11) is -4.15. The van der Waals surface area contributed by atoms with Crippen LogP contribution in [0.25, 0.3) is 0 Å². The number of sulfonamides is 1. The van der Waals surface area contributed by atoms with Crippen molar-refractivity contribution >= 4 is 27.4 Å². The third kappa shape index (κ3) is 4.43. The summed E-state index contributed by atoms with van der Waals surface area (Å²) in [6.07, 6.45) is 0. The molecule has 0 atom stereocenters. The van der Waals surface area contributed by atoms with Gasteiger partial charge in [-0.3, -0.25) is 19.2 Å². The van der Waals surface area contributed by atoms with E-state index in [0.717, 1.165) is 28.6 Å². The summed E-state index contributed by atoms with van der Waals surface area (Å²) in [6, 6.07) is 9.80. The standard InChI is InChI=1S/C18H20N2O6S/c1-4-26-17(21)12-19(18-13(2)6-5-7-14(18)3)27(24,25)16-10-8-15(9-11-16)20(22)23/h5-11H,4,12H2,1-3H3. The second-order valence-corrected chi connectivity index (χ2v) is 7.67. The summed E-state index contributed by atoms with van der Waals surface area (Å²) in [5.74, 6) is -0.689. The molecule has 0 amide bonds. The molecule has 0 spiro atoms. The van der Waals surface area contributed by atoms with Crippen LogP contribution in [0.5, 0.6) is 0 Å². The van der Waals surface area contributed by atoms with Gasteiger partial charge in [0.1, 0.15) is 6.54 Å². The van der Waals surface area contributed by atoms with E-state index < -0.39 is 27.5 Å². The fraction of sp³-hybridized carbons (Fsp3) is 0.278. The lowest BCUT2D eigenvalue weighted by molar-refractivity contribution is -0.384. The van der Waals surface area contributed by atoms with Gasteiger partial charge in [0.25, 0.3) is 15.7 Å². The van der Waals surface area contributed by atoms with E-state index in [9.17, 15) is 23.3 Å². The summed E-state index contributed by atoms with van der Waals surface area (Å²) >= 11 is 0. The van der Waals surface area contributed by atoms with Crippen molar-refractivity contribution in [1.29, 1.82) is 0 Å². The van der Waals surface area contributed by atoms with Crippen LogP contribution < -0.4 is 4.31 Å². The zero-order valence-electron chi connectivity index (χ0n) is 15.2. The Morgan fingerprint density at radius 2 is 1.67 bits per heavy atom. The van der Waals surface area contributed by atoms with Crippen molar-refractivity contribution in [2.24, 2.45) is 0 Å². The largest absolute Gasteiger partial charge is 0.465 e. The van der Waals surface area contributed by atoms with Gasteiger partial charge in [-0.1, -0.05) is 18.2 Å². The number of non-ortho nitro benzene ring substituents is 1. The Balaban J connectivity index is 2.57. The second-order valence-electron chi connectivity index (χ2n) is 5.81. The molecule has 0 aromatic heterocycles. The number of carbonyl (C=O) groups is 1. The molecule has 9 heteroatoms. The molecule has 144 valence electrons. The number of esters is 1. The molecule has 0 fully saturated rings. The number of hydrogen-bond donors (Lipinski definition) is 0. The van der Waals surface area contributed by atoms with Gasteiger partial charge in [0, 0.05) is 12.1 Å². The molecule has 27 heavy (non-hydrogen) atoms. The maximum absolute atomic E-state index is 13.2. The maximum Gasteiger partial charge on any atom is 0.326 e. The lowest BCUT2D eigenvalue weighted by atomic mass is 10.1. The number of ether oxygens (including phenoxy) is 1. The van der Waals surface area contributed by atoms with Gasteiger partial charge in [0.05, 0.1) is 22.1 Å². The average molecular weight is 392 g/mol. The molecule has 0 N–H and O–H groups in total. The van der Waals surface area contributed by atoms with Gasteiger partial charge in [-0.15, -0.1) is 0 Å². The Bertz CT molecular complexity index is 934. The summed E-state index contributed by atoms with van der Waals surface area (Å²) in [5.41, 5.74) is 1.50. The molecule has 0 radical (unpaired) electrons. The van der Waals surface area contributed by atoms with Gasteiger partial charge in [0.2, 0.25) is 0 Å². The van der Waals surface area contributed by atoms with Crippen molar-refractivity contribution in [3.05, 3.63) is 63.7 Å². The van der Waals surface area contributed by atoms with Gasteiger partial charge < -0.3 is 4.74 Å². The molecule has 0 aliphatic heterocycles. The number of carbonyl (C=O) groups excluding carboxylic acids is 1. The molecule has 0 aliphatic rings. The van der Waals surface area contributed by atoms with Gasteiger partial charge >= 0.3 is 5.97 Å². The van der Waals surface area contributed by atoms with E-state index in [-0.39, 0.29) is 17.2 Å². The van der Waals surface area contributed by atoms with Crippen molar-refractivity contribution in [2.45, 2.75) is 25.7 Å². The summed E-state index contributed by atoms with van der Waals surface area (Å²) in [4.78, 5) is 22.1. The topological polar surface area (TPSA) is 107 Å². The van der Waals surface area contributed by atoms with Crippen LogP contribution in [0.15, 0.2) is 47.4 Å². The fourth-order valence-electron chi connectivity index (χ4n) is 2.67. The van der Waals surface area contributed by atoms with E-state index in [1.807, 2.05) is 0 Å². The van der Waals surface area contributed by atoms with Crippen LogP contribution in [-0.2, 0) is 19.6 Å². The number of nitro benzene ring substituents is 1. The zero-order valence-corrected chi connectivity index (χ0v) is 16.0. The van der Waals surface area contributed by atoms with E-state index >= 15 is 0 Å². The molecular formula is C18H20N2O6S. The van der Waals surface area contributed by atoms with Crippen molar-refractivity contribution in [1.82, 2.24) is 0 Å². The first-order valence-corrected chi connectivity index (χ1v) is 9.61. The highest BCUT2D eigenvalue weighted by atomic mass is 32.2. The molecule has 0 saturated heterocycles. The fourth-order valence-corrected chi connectivity index (χ4v) is 4.21. The third-order valence-corrected chi connectivity index (χ3v) is 5.66. The number of benzene rings is 2. The Morgan fingerprint density at radius 1 is 1.11 bits per heavy atom. The van der Waals surface area contributed by atoms with Crippen molar-refractivity contribution in [2.75, 3.05) is 17.5 Å². The predicted molar refractivity (Wildman–Crippen MR) is 100 cm³/mol. The molecule has 0 heterocycles. The second kappa shape index (κ2) is 8.17. The minimum Gasteiger partial charge on any atom is -0.465 e. The molecule has 2 aromatic rings. The summed E-state index contributed by atoms with van der Waals surface area (Å²) < 4.78 is 32.3. The SMILES string of the molecule is CCOC(=O)CN(c1c(C)cccc1C)S(=O)(=O)c1ccc([N+](=O)[O-])cc1. The van der Waals surface area contributed by atoms with Gasteiger partial charge in [0.15, 0.2) is 0 Å². The number of rotatable bonds is 7. The van der Waals surface area contributed by atoms with Crippen LogP contribution in [0, 0.1) is 24.0 Å². The van der Waals surface area contributed by atoms with Gasteiger partial charge in [-0.2, -0.15) is 0 Å². The smallest absolute Gasteiger partial charge is 0.326 e. The Labute approximate surface area is 157 Å². The zero-order chi connectivity index (χ0) is 20.2. The normalized spacial score (nSPS) is 11.1. The predicted octanol–water partition coefficient (Wildman–Crippen LogP) is 2.97. The minimum absolute atomic E-state index is 0.122. The van der Waals surface area contributed by atoms with Crippen LogP contribution in [-0.4, -0.2) is 32.5 Å². The van der Waals surface area contributed by atoms with E-state index in [1.165, 1.54) is 0 Å². The quantitative estimate of drug-likeness (QED) is 0.407. The number of anilines is 1. The monoisotopic (exact) mass is 392 g/mol. The Hall–Kier alpha value is -2.94. The number of nitrogens with zero attached hydrogens (tertiary/aromatic N) is 2. The molecule has 2 aromatic carbocycles. The highest BCUT2D eigenvalue weighted by molar-refractivity contribution is 7.92. The molecule has 0 aliphatic carbocycles. The van der Waals surface area contributed by atoms with Crippen LogP contribution in [0.1, 0.15) is 18.1 Å². The average Bonchev–Trinajstić information content (AvgIpc) is 2.61. The van der Waals surface area contributed by atoms with Crippen LogP contribution in [0.4, 0.5) is 11.4 Å². The number of nitro groups is 1. The molecule has 8 nitrogen and oxygen atoms in total. The van der Waals surface area contributed by atoms with Crippen LogP contribution >= 0.6 is 0 Å².